The summed E-state index contributed by atoms with van der Waals surface area (Å²) in [7, 11) is -0.995. The Labute approximate surface area is 84.6 Å². The molecule has 80 valence electrons. The van der Waals surface area contributed by atoms with Gasteiger partial charge in [-0.2, -0.15) is 0 Å². The molecule has 0 heterocycles. The summed E-state index contributed by atoms with van der Waals surface area (Å²) in [6.07, 6.45) is 3.22. The standard InChI is InChI=1S/C8H13NO4S/c1-6(14(2)13)5-9-7(10)3-4-8(11)12/h3-4,6H,5H2,1-2H3,(H,9,10)(H,11,12)/b4-3+. The highest BCUT2D eigenvalue weighted by atomic mass is 32.2. The van der Waals surface area contributed by atoms with Crippen LogP contribution in [-0.2, 0) is 20.4 Å². The number of nitrogens with one attached hydrogen (secondary N) is 1. The van der Waals surface area contributed by atoms with Crippen molar-refractivity contribution in [2.75, 3.05) is 12.8 Å². The topological polar surface area (TPSA) is 83.5 Å². The van der Waals surface area contributed by atoms with Crippen LogP contribution in [0.2, 0.25) is 0 Å². The first-order valence-electron chi connectivity index (χ1n) is 3.94. The summed E-state index contributed by atoms with van der Waals surface area (Å²) >= 11 is 0. The van der Waals surface area contributed by atoms with Gasteiger partial charge in [-0.1, -0.05) is 0 Å². The maximum absolute atomic E-state index is 10.9. The predicted octanol–water partition coefficient (Wildman–Crippen LogP) is -0.490. The highest BCUT2D eigenvalue weighted by Crippen LogP contribution is 1.89. The Hall–Kier alpha value is -1.17. The van der Waals surface area contributed by atoms with Gasteiger partial charge in [-0.25, -0.2) is 4.79 Å². The maximum Gasteiger partial charge on any atom is 0.328 e. The fraction of sp³-hybridized carbons (Fsp3) is 0.500. The van der Waals surface area contributed by atoms with E-state index in [2.05, 4.69) is 5.32 Å². The van der Waals surface area contributed by atoms with Gasteiger partial charge in [0.15, 0.2) is 0 Å². The van der Waals surface area contributed by atoms with Crippen LogP contribution in [0.5, 0.6) is 0 Å². The lowest BCUT2D eigenvalue weighted by Gasteiger charge is -2.07. The molecule has 0 aromatic heterocycles. The fourth-order valence-electron chi connectivity index (χ4n) is 0.568. The number of carbonyl (C=O) groups excluding carboxylic acids is 1. The summed E-state index contributed by atoms with van der Waals surface area (Å²) in [4.78, 5) is 20.9. The van der Waals surface area contributed by atoms with E-state index in [9.17, 15) is 13.8 Å². The van der Waals surface area contributed by atoms with E-state index in [1.54, 1.807) is 13.2 Å². The van der Waals surface area contributed by atoms with Gasteiger partial charge in [0.05, 0.1) is 0 Å². The lowest BCUT2D eigenvalue weighted by atomic mass is 10.4. The minimum Gasteiger partial charge on any atom is -0.478 e. The minimum atomic E-state index is -1.17. The molecule has 0 spiro atoms. The quantitative estimate of drug-likeness (QED) is 0.611. The van der Waals surface area contributed by atoms with Crippen LogP contribution in [0, 0.1) is 0 Å². The summed E-state index contributed by atoms with van der Waals surface area (Å²) < 4.78 is 10.9. The van der Waals surface area contributed by atoms with Crippen molar-refractivity contribution in [3.8, 4) is 0 Å². The first-order chi connectivity index (χ1) is 6.43. The average molecular weight is 219 g/mol. The molecule has 2 N–H and O–H groups in total. The van der Waals surface area contributed by atoms with Crippen LogP contribution in [0.25, 0.3) is 0 Å². The molecular weight excluding hydrogens is 206 g/mol. The number of carboxylic acids is 1. The van der Waals surface area contributed by atoms with Gasteiger partial charge in [0.2, 0.25) is 5.91 Å². The smallest absolute Gasteiger partial charge is 0.328 e. The van der Waals surface area contributed by atoms with Crippen LogP contribution < -0.4 is 5.32 Å². The summed E-state index contributed by atoms with van der Waals surface area (Å²) in [5.41, 5.74) is 0. The molecule has 0 aliphatic rings. The molecular formula is C8H13NO4S. The van der Waals surface area contributed by atoms with Gasteiger partial charge in [0.1, 0.15) is 0 Å². The SMILES string of the molecule is CC(CNC(=O)/C=C/C(=O)O)S(C)=O. The molecule has 0 bridgehead atoms. The second-order valence-corrected chi connectivity index (χ2v) is 4.53. The normalized spacial score (nSPS) is 15.0. The van der Waals surface area contributed by atoms with E-state index < -0.39 is 22.7 Å². The lowest BCUT2D eigenvalue weighted by molar-refractivity contribution is -0.131. The number of rotatable bonds is 5. The summed E-state index contributed by atoms with van der Waals surface area (Å²) in [5, 5.41) is 10.5. The van der Waals surface area contributed by atoms with Crippen LogP contribution in [-0.4, -0.2) is 39.2 Å². The third kappa shape index (κ3) is 6.36. The van der Waals surface area contributed by atoms with Gasteiger partial charge >= 0.3 is 5.97 Å². The number of hydrogen-bond donors (Lipinski definition) is 2. The Morgan fingerprint density at radius 3 is 2.50 bits per heavy atom. The van der Waals surface area contributed by atoms with Crippen LogP contribution in [0.3, 0.4) is 0 Å². The van der Waals surface area contributed by atoms with Gasteiger partial charge in [0, 0.05) is 41.0 Å². The second-order valence-electron chi connectivity index (χ2n) is 2.73. The minimum absolute atomic E-state index is 0.142. The van der Waals surface area contributed by atoms with Crippen molar-refractivity contribution < 1.29 is 18.9 Å². The van der Waals surface area contributed by atoms with E-state index in [-0.39, 0.29) is 11.8 Å². The highest BCUT2D eigenvalue weighted by Gasteiger charge is 2.06. The molecule has 1 amide bonds. The van der Waals surface area contributed by atoms with Gasteiger partial charge in [-0.05, 0) is 6.92 Å². The molecule has 0 aromatic carbocycles. The molecule has 0 rings (SSSR count). The molecule has 5 nitrogen and oxygen atoms in total. The van der Waals surface area contributed by atoms with Gasteiger partial charge in [0.25, 0.3) is 0 Å². The van der Waals surface area contributed by atoms with Crippen LogP contribution in [0.4, 0.5) is 0 Å². The average Bonchev–Trinajstić information content (AvgIpc) is 2.10. The number of aliphatic carboxylic acids is 1. The number of amides is 1. The molecule has 2 unspecified atom stereocenters. The van der Waals surface area contributed by atoms with Crippen LogP contribution in [0.15, 0.2) is 12.2 Å². The fourth-order valence-corrected chi connectivity index (χ4v) is 0.886. The summed E-state index contributed by atoms with van der Waals surface area (Å²) in [6, 6.07) is 0. The molecule has 0 fully saturated rings. The van der Waals surface area contributed by atoms with E-state index in [0.717, 1.165) is 12.2 Å². The first-order valence-corrected chi connectivity index (χ1v) is 5.56. The molecule has 0 saturated carbocycles. The zero-order valence-electron chi connectivity index (χ0n) is 8.02. The van der Waals surface area contributed by atoms with E-state index in [4.69, 9.17) is 5.11 Å². The van der Waals surface area contributed by atoms with Crippen molar-refractivity contribution in [3.05, 3.63) is 12.2 Å². The Morgan fingerprint density at radius 2 is 2.07 bits per heavy atom. The van der Waals surface area contributed by atoms with Gasteiger partial charge < -0.3 is 10.4 Å². The van der Waals surface area contributed by atoms with Crippen molar-refractivity contribution in [1.29, 1.82) is 0 Å². The zero-order valence-corrected chi connectivity index (χ0v) is 8.84. The number of hydrogen-bond acceptors (Lipinski definition) is 3. The van der Waals surface area contributed by atoms with E-state index in [1.165, 1.54) is 0 Å². The van der Waals surface area contributed by atoms with E-state index >= 15 is 0 Å². The van der Waals surface area contributed by atoms with Crippen molar-refractivity contribution in [1.82, 2.24) is 5.32 Å². The van der Waals surface area contributed by atoms with Crippen molar-refractivity contribution in [2.45, 2.75) is 12.2 Å². The highest BCUT2D eigenvalue weighted by molar-refractivity contribution is 7.84. The molecule has 0 aromatic rings. The Bertz CT molecular complexity index is 275. The summed E-state index contributed by atoms with van der Waals surface area (Å²) in [6.45, 7) is 2.00. The Morgan fingerprint density at radius 1 is 1.50 bits per heavy atom. The van der Waals surface area contributed by atoms with Crippen molar-refractivity contribution in [3.63, 3.8) is 0 Å². The van der Waals surface area contributed by atoms with Gasteiger partial charge in [-0.15, -0.1) is 0 Å². The van der Waals surface area contributed by atoms with E-state index in [0.29, 0.717) is 0 Å². The zero-order chi connectivity index (χ0) is 11.1. The summed E-state index contributed by atoms with van der Waals surface area (Å²) in [5.74, 6) is -1.67. The molecule has 6 heteroatoms. The van der Waals surface area contributed by atoms with Crippen molar-refractivity contribution in [2.24, 2.45) is 0 Å². The molecule has 0 aliphatic heterocycles. The largest absolute Gasteiger partial charge is 0.478 e. The molecule has 14 heavy (non-hydrogen) atoms. The maximum atomic E-state index is 10.9. The molecule has 2 atom stereocenters. The molecule has 0 radical (unpaired) electrons. The second kappa shape index (κ2) is 6.31. The van der Waals surface area contributed by atoms with E-state index in [1.807, 2.05) is 0 Å². The monoisotopic (exact) mass is 219 g/mol. The van der Waals surface area contributed by atoms with Crippen molar-refractivity contribution >= 4 is 22.7 Å². The predicted molar refractivity (Wildman–Crippen MR) is 53.3 cm³/mol. The first kappa shape index (κ1) is 12.8. The number of carbonyl (C=O) groups is 2. The van der Waals surface area contributed by atoms with Crippen LogP contribution in [0.1, 0.15) is 6.92 Å². The molecule has 0 saturated heterocycles. The number of carboxylic acid groups (broad SMARTS) is 1. The van der Waals surface area contributed by atoms with Gasteiger partial charge in [-0.3, -0.25) is 9.00 Å². The Kier molecular flexibility index (Phi) is 5.78. The third-order valence-electron chi connectivity index (χ3n) is 1.51. The Balaban J connectivity index is 3.86. The molecule has 0 aliphatic carbocycles. The third-order valence-corrected chi connectivity index (χ3v) is 2.81. The van der Waals surface area contributed by atoms with Crippen LogP contribution >= 0.6 is 0 Å². The lowest BCUT2D eigenvalue weighted by Crippen LogP contribution is -2.31.